The SMILES string of the molecule is NC1C2CCC(C2)C1C(=O)NCc1ccc2c(c1)OCCO2. The third-order valence-corrected chi connectivity index (χ3v) is 5.36. The minimum absolute atomic E-state index is 0.00374. The maximum Gasteiger partial charge on any atom is 0.225 e. The largest absolute Gasteiger partial charge is 0.486 e. The molecule has 3 aliphatic rings. The van der Waals surface area contributed by atoms with E-state index in [4.69, 9.17) is 15.2 Å². The average molecular weight is 302 g/mol. The van der Waals surface area contributed by atoms with Gasteiger partial charge in [0.15, 0.2) is 11.5 Å². The summed E-state index contributed by atoms with van der Waals surface area (Å²) in [4.78, 5) is 12.5. The van der Waals surface area contributed by atoms with Crippen LogP contribution in [0.25, 0.3) is 0 Å². The van der Waals surface area contributed by atoms with Crippen LogP contribution in [0, 0.1) is 17.8 Å². The van der Waals surface area contributed by atoms with Gasteiger partial charge in [0.05, 0.1) is 5.92 Å². The molecule has 1 heterocycles. The lowest BCUT2D eigenvalue weighted by atomic mass is 9.84. The highest BCUT2D eigenvalue weighted by Gasteiger charge is 2.48. The summed E-state index contributed by atoms with van der Waals surface area (Å²) >= 11 is 0. The Labute approximate surface area is 130 Å². The molecule has 0 spiro atoms. The number of ether oxygens (including phenoxy) is 2. The topological polar surface area (TPSA) is 73.6 Å². The number of amides is 1. The first-order chi connectivity index (χ1) is 10.7. The van der Waals surface area contributed by atoms with Crippen LogP contribution >= 0.6 is 0 Å². The number of carbonyl (C=O) groups is 1. The fourth-order valence-corrected chi connectivity index (χ4v) is 4.23. The van der Waals surface area contributed by atoms with Crippen molar-refractivity contribution < 1.29 is 14.3 Å². The van der Waals surface area contributed by atoms with Crippen LogP contribution in [-0.2, 0) is 11.3 Å². The predicted molar refractivity (Wildman–Crippen MR) is 81.6 cm³/mol. The Morgan fingerprint density at radius 3 is 2.73 bits per heavy atom. The zero-order valence-corrected chi connectivity index (χ0v) is 12.6. The molecule has 118 valence electrons. The van der Waals surface area contributed by atoms with E-state index in [1.807, 2.05) is 18.2 Å². The molecule has 1 aromatic carbocycles. The molecular weight excluding hydrogens is 280 g/mol. The highest BCUT2D eigenvalue weighted by atomic mass is 16.6. The van der Waals surface area contributed by atoms with E-state index in [0.29, 0.717) is 31.6 Å². The predicted octanol–water partition coefficient (Wildman–Crippen LogP) is 1.45. The Bertz CT molecular complexity index is 587. The molecule has 1 aliphatic heterocycles. The van der Waals surface area contributed by atoms with Crippen molar-refractivity contribution in [3.8, 4) is 11.5 Å². The summed E-state index contributed by atoms with van der Waals surface area (Å²) in [6.07, 6.45) is 3.47. The van der Waals surface area contributed by atoms with Gasteiger partial charge in [0.25, 0.3) is 0 Å². The number of hydrogen-bond donors (Lipinski definition) is 2. The highest BCUT2D eigenvalue weighted by Crippen LogP contribution is 2.47. The third kappa shape index (κ3) is 2.33. The maximum absolute atomic E-state index is 12.5. The van der Waals surface area contributed by atoms with Crippen molar-refractivity contribution in [1.29, 1.82) is 0 Å². The van der Waals surface area contributed by atoms with Gasteiger partial charge >= 0.3 is 0 Å². The smallest absolute Gasteiger partial charge is 0.225 e. The number of rotatable bonds is 3. The van der Waals surface area contributed by atoms with Crippen LogP contribution in [0.3, 0.4) is 0 Å². The van der Waals surface area contributed by atoms with Crippen LogP contribution in [0.4, 0.5) is 0 Å². The molecule has 4 unspecified atom stereocenters. The summed E-state index contributed by atoms with van der Waals surface area (Å²) in [5.74, 6) is 2.67. The number of hydrogen-bond acceptors (Lipinski definition) is 4. The first-order valence-corrected chi connectivity index (χ1v) is 8.14. The lowest BCUT2D eigenvalue weighted by Gasteiger charge is -2.27. The summed E-state index contributed by atoms with van der Waals surface area (Å²) in [5.41, 5.74) is 7.25. The number of nitrogens with two attached hydrogens (primary N) is 1. The Kier molecular flexibility index (Phi) is 3.45. The Morgan fingerprint density at radius 2 is 1.95 bits per heavy atom. The van der Waals surface area contributed by atoms with Gasteiger partial charge in [-0.1, -0.05) is 6.07 Å². The molecule has 4 rings (SSSR count). The summed E-state index contributed by atoms with van der Waals surface area (Å²) in [6.45, 7) is 1.67. The van der Waals surface area contributed by atoms with Crippen LogP contribution in [0.2, 0.25) is 0 Å². The van der Waals surface area contributed by atoms with Crippen molar-refractivity contribution >= 4 is 5.91 Å². The van der Waals surface area contributed by atoms with Crippen LogP contribution in [0.15, 0.2) is 18.2 Å². The molecule has 2 fully saturated rings. The van der Waals surface area contributed by atoms with E-state index in [9.17, 15) is 4.79 Å². The van der Waals surface area contributed by atoms with E-state index in [2.05, 4.69) is 5.32 Å². The summed E-state index contributed by atoms with van der Waals surface area (Å²) in [5, 5.41) is 3.05. The van der Waals surface area contributed by atoms with Gasteiger partial charge in [0, 0.05) is 12.6 Å². The number of fused-ring (bicyclic) bond motifs is 3. The minimum atomic E-state index is -0.00374. The van der Waals surface area contributed by atoms with Crippen molar-refractivity contribution in [1.82, 2.24) is 5.32 Å². The fraction of sp³-hybridized carbons (Fsp3) is 0.588. The van der Waals surface area contributed by atoms with Gasteiger partial charge < -0.3 is 20.5 Å². The molecule has 2 saturated carbocycles. The standard InChI is InChI=1S/C17H22N2O3/c18-16-12-3-2-11(8-12)15(16)17(20)19-9-10-1-4-13-14(7-10)22-6-5-21-13/h1,4,7,11-12,15-16H,2-3,5-6,8-9,18H2,(H,19,20). The van der Waals surface area contributed by atoms with E-state index in [1.54, 1.807) is 0 Å². The van der Waals surface area contributed by atoms with Crippen molar-refractivity contribution in [2.24, 2.45) is 23.5 Å². The van der Waals surface area contributed by atoms with E-state index in [1.165, 1.54) is 6.42 Å². The Balaban J connectivity index is 1.39. The first kappa shape index (κ1) is 13.9. The summed E-state index contributed by atoms with van der Waals surface area (Å²) < 4.78 is 11.1. The van der Waals surface area contributed by atoms with Crippen LogP contribution < -0.4 is 20.5 Å². The second kappa shape index (κ2) is 5.47. The quantitative estimate of drug-likeness (QED) is 0.886. The van der Waals surface area contributed by atoms with E-state index in [0.717, 1.165) is 29.9 Å². The minimum Gasteiger partial charge on any atom is -0.486 e. The van der Waals surface area contributed by atoms with Crippen molar-refractivity contribution in [3.05, 3.63) is 23.8 Å². The van der Waals surface area contributed by atoms with Crippen molar-refractivity contribution in [3.63, 3.8) is 0 Å². The maximum atomic E-state index is 12.5. The molecule has 4 atom stereocenters. The Hall–Kier alpha value is -1.75. The van der Waals surface area contributed by atoms with E-state index < -0.39 is 0 Å². The molecule has 0 aromatic heterocycles. The molecule has 2 aliphatic carbocycles. The van der Waals surface area contributed by atoms with Crippen LogP contribution in [0.5, 0.6) is 11.5 Å². The molecule has 5 nitrogen and oxygen atoms in total. The molecule has 3 N–H and O–H groups in total. The number of benzene rings is 1. The molecular formula is C17H22N2O3. The monoisotopic (exact) mass is 302 g/mol. The number of nitrogens with one attached hydrogen (secondary N) is 1. The van der Waals surface area contributed by atoms with Gasteiger partial charge in [-0.05, 0) is 48.8 Å². The highest BCUT2D eigenvalue weighted by molar-refractivity contribution is 5.80. The molecule has 1 amide bonds. The lowest BCUT2D eigenvalue weighted by molar-refractivity contribution is -0.127. The lowest BCUT2D eigenvalue weighted by Crippen LogP contribution is -2.45. The van der Waals surface area contributed by atoms with Gasteiger partial charge in [0.2, 0.25) is 5.91 Å². The molecule has 0 radical (unpaired) electrons. The summed E-state index contributed by atoms with van der Waals surface area (Å²) in [7, 11) is 0. The second-order valence-electron chi connectivity index (χ2n) is 6.63. The van der Waals surface area contributed by atoms with Crippen LogP contribution in [-0.4, -0.2) is 25.2 Å². The second-order valence-corrected chi connectivity index (χ2v) is 6.63. The fourth-order valence-electron chi connectivity index (χ4n) is 4.23. The van der Waals surface area contributed by atoms with Crippen LogP contribution in [0.1, 0.15) is 24.8 Å². The molecule has 5 heteroatoms. The molecule has 22 heavy (non-hydrogen) atoms. The zero-order valence-electron chi connectivity index (χ0n) is 12.6. The third-order valence-electron chi connectivity index (χ3n) is 5.36. The van der Waals surface area contributed by atoms with Gasteiger partial charge in [0.1, 0.15) is 13.2 Å². The molecule has 2 bridgehead atoms. The number of carbonyl (C=O) groups excluding carboxylic acids is 1. The van der Waals surface area contributed by atoms with Crippen molar-refractivity contribution in [2.45, 2.75) is 31.8 Å². The van der Waals surface area contributed by atoms with E-state index in [-0.39, 0.29) is 17.9 Å². The summed E-state index contributed by atoms with van der Waals surface area (Å²) in [6, 6.07) is 5.85. The normalized spacial score (nSPS) is 32.0. The zero-order chi connectivity index (χ0) is 15.1. The van der Waals surface area contributed by atoms with Crippen molar-refractivity contribution in [2.75, 3.05) is 13.2 Å². The van der Waals surface area contributed by atoms with Gasteiger partial charge in [-0.25, -0.2) is 0 Å². The van der Waals surface area contributed by atoms with Gasteiger partial charge in [-0.2, -0.15) is 0 Å². The van der Waals surface area contributed by atoms with Gasteiger partial charge in [-0.3, -0.25) is 4.79 Å². The first-order valence-electron chi connectivity index (χ1n) is 8.14. The van der Waals surface area contributed by atoms with E-state index >= 15 is 0 Å². The Morgan fingerprint density at radius 1 is 1.18 bits per heavy atom. The average Bonchev–Trinajstić information content (AvgIpc) is 3.13. The molecule has 0 saturated heterocycles. The molecule has 1 aromatic rings. The van der Waals surface area contributed by atoms with Gasteiger partial charge in [-0.15, -0.1) is 0 Å².